The van der Waals surface area contributed by atoms with Gasteiger partial charge in [0, 0.05) is 24.4 Å². The summed E-state index contributed by atoms with van der Waals surface area (Å²) in [4.78, 5) is 49.9. The number of amides is 2. The number of carbonyl (C=O) groups excluding carboxylic acids is 3. The number of nitrogens with one attached hydrogen (secondary N) is 1. The van der Waals surface area contributed by atoms with Gasteiger partial charge in [0.25, 0.3) is 17.5 Å². The largest absolute Gasteiger partial charge is 0.454 e. The minimum absolute atomic E-state index is 0.0174. The second-order valence-electron chi connectivity index (χ2n) is 7.13. The smallest absolute Gasteiger partial charge is 0.329 e. The highest BCUT2D eigenvalue weighted by molar-refractivity contribution is 7.98. The predicted molar refractivity (Wildman–Crippen MR) is 132 cm³/mol. The van der Waals surface area contributed by atoms with Gasteiger partial charge in [-0.3, -0.25) is 19.7 Å². The summed E-state index contributed by atoms with van der Waals surface area (Å²) >= 11 is 7.46. The first-order chi connectivity index (χ1) is 16.8. The SMILES string of the molecule is CSCC[C@H](NC(=O)c1cc([N+](=O)[O-])ccc1Cl)C(=O)OCC(=O)N(CCC#N)c1ccccc1. The van der Waals surface area contributed by atoms with Gasteiger partial charge in [-0.25, -0.2) is 4.79 Å². The summed E-state index contributed by atoms with van der Waals surface area (Å²) < 4.78 is 5.20. The molecule has 0 aliphatic carbocycles. The standard InChI is InChI=1S/C23H23ClN4O6S/c1-35-13-10-20(26-22(30)18-14-17(28(32)33)8-9-19(18)24)23(31)34-15-21(29)27(12-5-11-25)16-6-3-2-4-7-16/h2-4,6-9,14,20H,5,10,12-13,15H2,1H3,(H,26,30)/t20-/m0/s1. The molecule has 0 bridgehead atoms. The summed E-state index contributed by atoms with van der Waals surface area (Å²) in [6, 6.07) is 12.9. The summed E-state index contributed by atoms with van der Waals surface area (Å²) in [5, 5.41) is 22.4. The zero-order valence-electron chi connectivity index (χ0n) is 18.8. The summed E-state index contributed by atoms with van der Waals surface area (Å²) in [5.41, 5.74) is 0.0637. The zero-order valence-corrected chi connectivity index (χ0v) is 20.4. The normalized spacial score (nSPS) is 11.1. The number of para-hydroxylation sites is 1. The number of anilines is 1. The van der Waals surface area contributed by atoms with Crippen molar-refractivity contribution < 1.29 is 24.0 Å². The lowest BCUT2D eigenvalue weighted by Crippen LogP contribution is -2.44. The number of thioether (sulfide) groups is 1. The van der Waals surface area contributed by atoms with E-state index in [4.69, 9.17) is 21.6 Å². The Morgan fingerprint density at radius 2 is 1.97 bits per heavy atom. The molecule has 0 heterocycles. The Hall–Kier alpha value is -3.62. The number of carbonyl (C=O) groups is 3. The lowest BCUT2D eigenvalue weighted by Gasteiger charge is -2.23. The van der Waals surface area contributed by atoms with Crippen LogP contribution in [0.3, 0.4) is 0 Å². The van der Waals surface area contributed by atoms with Crippen molar-refractivity contribution >= 4 is 52.5 Å². The topological polar surface area (TPSA) is 143 Å². The number of benzene rings is 2. The Kier molecular flexibility index (Phi) is 11.0. The molecular formula is C23H23ClN4O6S. The molecule has 184 valence electrons. The van der Waals surface area contributed by atoms with E-state index in [9.17, 15) is 24.5 Å². The van der Waals surface area contributed by atoms with Crippen molar-refractivity contribution in [2.45, 2.75) is 18.9 Å². The number of non-ortho nitro benzene ring substituents is 1. The summed E-state index contributed by atoms with van der Waals surface area (Å²) in [6.07, 6.45) is 2.10. The molecule has 35 heavy (non-hydrogen) atoms. The molecule has 0 saturated heterocycles. The van der Waals surface area contributed by atoms with Crippen LogP contribution in [-0.4, -0.2) is 53.9 Å². The lowest BCUT2D eigenvalue weighted by atomic mass is 10.1. The Bertz CT molecular complexity index is 1110. The van der Waals surface area contributed by atoms with Crippen molar-refractivity contribution in [3.8, 4) is 6.07 Å². The van der Waals surface area contributed by atoms with Crippen LogP contribution < -0.4 is 10.2 Å². The van der Waals surface area contributed by atoms with Gasteiger partial charge in [0.05, 0.1) is 28.0 Å². The highest BCUT2D eigenvalue weighted by Gasteiger charge is 2.26. The Labute approximate surface area is 211 Å². The predicted octanol–water partition coefficient (Wildman–Crippen LogP) is 3.59. The maximum absolute atomic E-state index is 12.7. The van der Waals surface area contributed by atoms with Gasteiger partial charge in [-0.05, 0) is 36.6 Å². The number of hydrogen-bond donors (Lipinski definition) is 1. The van der Waals surface area contributed by atoms with E-state index in [1.165, 1.54) is 22.7 Å². The molecule has 0 aromatic heterocycles. The summed E-state index contributed by atoms with van der Waals surface area (Å²) in [5.74, 6) is -1.66. The van der Waals surface area contributed by atoms with Crippen molar-refractivity contribution in [1.82, 2.24) is 5.32 Å². The second-order valence-corrected chi connectivity index (χ2v) is 8.52. The van der Waals surface area contributed by atoms with Crippen LogP contribution in [0.5, 0.6) is 0 Å². The number of ether oxygens (including phenoxy) is 1. The van der Waals surface area contributed by atoms with Crippen LogP contribution in [0.4, 0.5) is 11.4 Å². The van der Waals surface area contributed by atoms with E-state index in [1.54, 1.807) is 30.3 Å². The lowest BCUT2D eigenvalue weighted by molar-refractivity contribution is -0.384. The van der Waals surface area contributed by atoms with Crippen molar-refractivity contribution in [2.75, 3.05) is 30.1 Å². The van der Waals surface area contributed by atoms with E-state index in [1.807, 2.05) is 12.3 Å². The number of hydrogen-bond acceptors (Lipinski definition) is 8. The van der Waals surface area contributed by atoms with Crippen molar-refractivity contribution in [3.63, 3.8) is 0 Å². The number of nitriles is 1. The number of nitrogens with zero attached hydrogens (tertiary/aromatic N) is 3. The first kappa shape index (κ1) is 27.6. The third-order valence-electron chi connectivity index (χ3n) is 4.76. The molecule has 2 aromatic carbocycles. The zero-order chi connectivity index (χ0) is 25.8. The van der Waals surface area contributed by atoms with E-state index in [-0.39, 0.29) is 35.7 Å². The molecule has 0 spiro atoms. The third-order valence-corrected chi connectivity index (χ3v) is 5.73. The molecule has 0 fully saturated rings. The van der Waals surface area contributed by atoms with E-state index in [0.29, 0.717) is 11.4 Å². The van der Waals surface area contributed by atoms with Crippen LogP contribution in [-0.2, 0) is 14.3 Å². The molecule has 2 amide bonds. The number of rotatable bonds is 12. The molecule has 2 aromatic rings. The molecule has 0 aliphatic rings. The number of nitro benzene ring substituents is 1. The third kappa shape index (κ3) is 8.27. The quantitative estimate of drug-likeness (QED) is 0.255. The Balaban J connectivity index is 2.11. The van der Waals surface area contributed by atoms with Gasteiger partial charge in [-0.15, -0.1) is 0 Å². The highest BCUT2D eigenvalue weighted by atomic mass is 35.5. The Morgan fingerprint density at radius 3 is 2.60 bits per heavy atom. The summed E-state index contributed by atoms with van der Waals surface area (Å²) in [7, 11) is 0. The maximum atomic E-state index is 12.7. The fourth-order valence-electron chi connectivity index (χ4n) is 3.00. The average Bonchev–Trinajstić information content (AvgIpc) is 2.85. The molecular weight excluding hydrogens is 496 g/mol. The fraction of sp³-hybridized carbons (Fsp3) is 0.304. The van der Waals surface area contributed by atoms with E-state index in [0.717, 1.165) is 12.1 Å². The molecule has 10 nitrogen and oxygen atoms in total. The van der Waals surface area contributed by atoms with Crippen molar-refractivity contribution in [1.29, 1.82) is 5.26 Å². The van der Waals surface area contributed by atoms with Gasteiger partial charge >= 0.3 is 5.97 Å². The molecule has 1 atom stereocenters. The van der Waals surface area contributed by atoms with Crippen LogP contribution in [0.1, 0.15) is 23.2 Å². The molecule has 0 saturated carbocycles. The average molecular weight is 519 g/mol. The van der Waals surface area contributed by atoms with E-state index < -0.39 is 35.4 Å². The summed E-state index contributed by atoms with van der Waals surface area (Å²) in [6.45, 7) is -0.475. The molecule has 12 heteroatoms. The van der Waals surface area contributed by atoms with Crippen molar-refractivity contribution in [2.24, 2.45) is 0 Å². The van der Waals surface area contributed by atoms with Gasteiger partial charge in [0.1, 0.15) is 6.04 Å². The van der Waals surface area contributed by atoms with Crippen LogP contribution in [0.15, 0.2) is 48.5 Å². The Morgan fingerprint density at radius 1 is 1.26 bits per heavy atom. The minimum atomic E-state index is -1.11. The van der Waals surface area contributed by atoms with E-state index in [2.05, 4.69) is 5.32 Å². The van der Waals surface area contributed by atoms with Crippen LogP contribution in [0.25, 0.3) is 0 Å². The van der Waals surface area contributed by atoms with Gasteiger partial charge in [-0.2, -0.15) is 17.0 Å². The highest BCUT2D eigenvalue weighted by Crippen LogP contribution is 2.22. The van der Waals surface area contributed by atoms with Gasteiger partial charge in [0.15, 0.2) is 6.61 Å². The molecule has 2 rings (SSSR count). The van der Waals surface area contributed by atoms with E-state index >= 15 is 0 Å². The van der Waals surface area contributed by atoms with Gasteiger partial charge in [-0.1, -0.05) is 29.8 Å². The monoisotopic (exact) mass is 518 g/mol. The molecule has 0 aliphatic heterocycles. The second kappa shape index (κ2) is 13.9. The maximum Gasteiger partial charge on any atom is 0.329 e. The van der Waals surface area contributed by atoms with Crippen LogP contribution in [0, 0.1) is 21.4 Å². The van der Waals surface area contributed by atoms with Crippen LogP contribution in [0.2, 0.25) is 5.02 Å². The minimum Gasteiger partial charge on any atom is -0.454 e. The molecule has 0 radical (unpaired) electrons. The van der Waals surface area contributed by atoms with Crippen molar-refractivity contribution in [3.05, 3.63) is 69.2 Å². The number of esters is 1. The first-order valence-electron chi connectivity index (χ1n) is 10.4. The first-order valence-corrected chi connectivity index (χ1v) is 12.2. The van der Waals surface area contributed by atoms with Gasteiger partial charge in [0.2, 0.25) is 0 Å². The van der Waals surface area contributed by atoms with Crippen LogP contribution >= 0.6 is 23.4 Å². The molecule has 0 unspecified atom stereocenters. The fourth-order valence-corrected chi connectivity index (χ4v) is 3.68. The van der Waals surface area contributed by atoms with Gasteiger partial charge < -0.3 is 15.0 Å². The number of nitro groups is 1. The molecule has 1 N–H and O–H groups in total. The number of halogens is 1.